The number of anilines is 1. The second kappa shape index (κ2) is 8.93. The first-order valence-corrected chi connectivity index (χ1v) is 10.8. The first-order valence-electron chi connectivity index (χ1n) is 10.8. The van der Waals surface area contributed by atoms with E-state index in [0.29, 0.717) is 41.7 Å². The molecule has 0 saturated carbocycles. The quantitative estimate of drug-likeness (QED) is 0.561. The van der Waals surface area contributed by atoms with E-state index in [0.717, 1.165) is 16.5 Å². The molecule has 0 aliphatic carbocycles. The van der Waals surface area contributed by atoms with Gasteiger partial charge in [-0.25, -0.2) is 4.79 Å². The molecule has 2 aliphatic rings. The number of methoxy groups -OCH3 is 1. The zero-order valence-corrected chi connectivity index (χ0v) is 18.5. The van der Waals surface area contributed by atoms with Crippen molar-refractivity contribution < 1.29 is 28.5 Å². The molecule has 2 amide bonds. The molecule has 5 rings (SSSR count). The standard InChI is InChI=1S/C25H23N3O6/c1-31-18-3-4-21-20(13-18)15(6-7-27-21)10-16(24(26)29)11-19-14-28(25(30)34-19)17-2-5-22-23(12-17)33-9-8-32-22/h2-7,10,12-13,19H,8-9,11,14H2,1H3,(H2,26,29)/b16-10+/t19-/m0/s1. The van der Waals surface area contributed by atoms with Crippen LogP contribution in [0.2, 0.25) is 0 Å². The van der Waals surface area contributed by atoms with Crippen molar-refractivity contribution in [3.05, 3.63) is 59.8 Å². The number of aromatic nitrogens is 1. The lowest BCUT2D eigenvalue weighted by atomic mass is 10.0. The summed E-state index contributed by atoms with van der Waals surface area (Å²) < 4.78 is 22.0. The van der Waals surface area contributed by atoms with Crippen molar-refractivity contribution in [2.24, 2.45) is 5.73 Å². The fourth-order valence-electron chi connectivity index (χ4n) is 4.10. The molecule has 1 aromatic heterocycles. The molecule has 174 valence electrons. The summed E-state index contributed by atoms with van der Waals surface area (Å²) in [6.07, 6.45) is 2.52. The fraction of sp³-hybridized carbons (Fsp3) is 0.240. The van der Waals surface area contributed by atoms with Gasteiger partial charge in [0.05, 0.1) is 24.9 Å². The third kappa shape index (κ3) is 4.19. The van der Waals surface area contributed by atoms with Crippen molar-refractivity contribution in [2.75, 3.05) is 31.8 Å². The van der Waals surface area contributed by atoms with E-state index < -0.39 is 18.1 Å². The molecule has 0 spiro atoms. The number of nitrogens with zero attached hydrogens (tertiary/aromatic N) is 2. The van der Waals surface area contributed by atoms with E-state index in [4.69, 9.17) is 24.7 Å². The van der Waals surface area contributed by atoms with E-state index >= 15 is 0 Å². The summed E-state index contributed by atoms with van der Waals surface area (Å²) >= 11 is 0. The van der Waals surface area contributed by atoms with Crippen LogP contribution < -0.4 is 24.8 Å². The highest BCUT2D eigenvalue weighted by atomic mass is 16.6. The first kappa shape index (κ1) is 21.6. The lowest BCUT2D eigenvalue weighted by Crippen LogP contribution is -2.26. The largest absolute Gasteiger partial charge is 0.497 e. The van der Waals surface area contributed by atoms with Crippen molar-refractivity contribution in [3.63, 3.8) is 0 Å². The predicted octanol–water partition coefficient (Wildman–Crippen LogP) is 3.30. The van der Waals surface area contributed by atoms with Gasteiger partial charge in [-0.2, -0.15) is 0 Å². The Labute approximate surface area is 195 Å². The molecule has 3 aromatic rings. The van der Waals surface area contributed by atoms with Crippen LogP contribution in [0.25, 0.3) is 17.0 Å². The van der Waals surface area contributed by atoms with Crippen molar-refractivity contribution in [2.45, 2.75) is 12.5 Å². The van der Waals surface area contributed by atoms with Gasteiger partial charge in [-0.15, -0.1) is 0 Å². The van der Waals surface area contributed by atoms with Gasteiger partial charge in [0.25, 0.3) is 0 Å². The molecule has 2 aromatic carbocycles. The van der Waals surface area contributed by atoms with Crippen molar-refractivity contribution in [1.82, 2.24) is 4.98 Å². The molecule has 1 saturated heterocycles. The van der Waals surface area contributed by atoms with Crippen LogP contribution in [0.1, 0.15) is 12.0 Å². The molecule has 9 heteroatoms. The van der Waals surface area contributed by atoms with E-state index in [2.05, 4.69) is 4.98 Å². The van der Waals surface area contributed by atoms with Crippen molar-refractivity contribution in [3.8, 4) is 17.2 Å². The number of pyridine rings is 1. The van der Waals surface area contributed by atoms with Gasteiger partial charge in [-0.3, -0.25) is 14.7 Å². The third-order valence-corrected chi connectivity index (χ3v) is 5.79. The molecule has 1 atom stereocenters. The van der Waals surface area contributed by atoms with Gasteiger partial charge in [-0.1, -0.05) is 0 Å². The SMILES string of the molecule is COc1ccc2nccc(/C=C(\C[C@H]3CN(c4ccc5c(c4)OCCO5)C(=O)O3)C(N)=O)c2c1. The molecule has 34 heavy (non-hydrogen) atoms. The Hall–Kier alpha value is -4.27. The Balaban J connectivity index is 1.39. The molecule has 0 bridgehead atoms. The van der Waals surface area contributed by atoms with E-state index in [1.807, 2.05) is 18.2 Å². The normalized spacial score (nSPS) is 17.6. The van der Waals surface area contributed by atoms with Crippen LogP contribution in [0.5, 0.6) is 17.2 Å². The highest BCUT2D eigenvalue weighted by molar-refractivity contribution is 6.00. The maximum absolute atomic E-state index is 12.6. The molecule has 0 radical (unpaired) electrons. The summed E-state index contributed by atoms with van der Waals surface area (Å²) in [4.78, 5) is 30.7. The Morgan fingerprint density at radius 1 is 1.18 bits per heavy atom. The van der Waals surface area contributed by atoms with E-state index in [-0.39, 0.29) is 13.0 Å². The molecular formula is C25H23N3O6. The smallest absolute Gasteiger partial charge is 0.414 e. The van der Waals surface area contributed by atoms with Crippen LogP contribution >= 0.6 is 0 Å². The molecular weight excluding hydrogens is 438 g/mol. The number of primary amides is 1. The van der Waals surface area contributed by atoms with Crippen LogP contribution in [0.15, 0.2) is 54.2 Å². The van der Waals surface area contributed by atoms with Gasteiger partial charge in [0, 0.05) is 29.6 Å². The molecule has 2 N–H and O–H groups in total. The minimum Gasteiger partial charge on any atom is -0.497 e. The third-order valence-electron chi connectivity index (χ3n) is 5.79. The monoisotopic (exact) mass is 461 g/mol. The van der Waals surface area contributed by atoms with Crippen LogP contribution in [0.4, 0.5) is 10.5 Å². The number of benzene rings is 2. The van der Waals surface area contributed by atoms with Crippen LogP contribution in [-0.2, 0) is 9.53 Å². The van der Waals surface area contributed by atoms with Gasteiger partial charge in [-0.05, 0) is 48.0 Å². The van der Waals surface area contributed by atoms with Crippen LogP contribution in [0, 0.1) is 0 Å². The Morgan fingerprint density at radius 3 is 2.79 bits per heavy atom. The van der Waals surface area contributed by atoms with Gasteiger partial charge in [0.1, 0.15) is 25.1 Å². The lowest BCUT2D eigenvalue weighted by Gasteiger charge is -2.21. The predicted molar refractivity (Wildman–Crippen MR) is 125 cm³/mol. The minimum atomic E-state index is -0.582. The van der Waals surface area contributed by atoms with E-state index in [1.165, 1.54) is 4.90 Å². The van der Waals surface area contributed by atoms with Gasteiger partial charge >= 0.3 is 6.09 Å². The minimum absolute atomic E-state index is 0.176. The van der Waals surface area contributed by atoms with Gasteiger partial charge in [0.15, 0.2) is 11.5 Å². The summed E-state index contributed by atoms with van der Waals surface area (Å²) in [5, 5.41) is 0.821. The number of carbonyl (C=O) groups excluding carboxylic acids is 2. The summed E-state index contributed by atoms with van der Waals surface area (Å²) in [7, 11) is 1.59. The number of nitrogens with two attached hydrogens (primary N) is 1. The number of carbonyl (C=O) groups is 2. The van der Waals surface area contributed by atoms with Crippen molar-refractivity contribution in [1.29, 1.82) is 0 Å². The Kier molecular flexibility index (Phi) is 5.67. The Morgan fingerprint density at radius 2 is 2.00 bits per heavy atom. The Bertz CT molecular complexity index is 1310. The second-order valence-corrected chi connectivity index (χ2v) is 7.97. The number of hydrogen-bond donors (Lipinski definition) is 1. The van der Waals surface area contributed by atoms with Crippen LogP contribution in [0.3, 0.4) is 0 Å². The maximum Gasteiger partial charge on any atom is 0.414 e. The number of hydrogen-bond acceptors (Lipinski definition) is 7. The number of rotatable bonds is 6. The highest BCUT2D eigenvalue weighted by Crippen LogP contribution is 2.36. The molecule has 2 aliphatic heterocycles. The lowest BCUT2D eigenvalue weighted by molar-refractivity contribution is -0.114. The topological polar surface area (TPSA) is 113 Å². The molecule has 3 heterocycles. The van der Waals surface area contributed by atoms with Gasteiger partial charge < -0.3 is 24.7 Å². The average Bonchev–Trinajstić information content (AvgIpc) is 3.23. The number of cyclic esters (lactones) is 1. The average molecular weight is 461 g/mol. The summed E-state index contributed by atoms with van der Waals surface area (Å²) in [6.45, 7) is 1.21. The first-order chi connectivity index (χ1) is 16.5. The summed E-state index contributed by atoms with van der Waals surface area (Å²) in [6, 6.07) is 12.6. The second-order valence-electron chi connectivity index (χ2n) is 7.97. The van der Waals surface area contributed by atoms with Crippen LogP contribution in [-0.4, -0.2) is 50.0 Å². The van der Waals surface area contributed by atoms with E-state index in [1.54, 1.807) is 43.6 Å². The zero-order chi connectivity index (χ0) is 23.7. The summed E-state index contributed by atoms with van der Waals surface area (Å²) in [5.74, 6) is 1.31. The highest BCUT2D eigenvalue weighted by Gasteiger charge is 2.34. The van der Waals surface area contributed by atoms with Crippen molar-refractivity contribution >= 4 is 34.7 Å². The molecule has 9 nitrogen and oxygen atoms in total. The molecule has 0 unspecified atom stereocenters. The zero-order valence-electron chi connectivity index (χ0n) is 18.5. The summed E-state index contributed by atoms with van der Waals surface area (Å²) in [5.41, 5.74) is 8.19. The van der Waals surface area contributed by atoms with E-state index in [9.17, 15) is 9.59 Å². The number of fused-ring (bicyclic) bond motifs is 2. The van der Waals surface area contributed by atoms with Gasteiger partial charge in [0.2, 0.25) is 5.91 Å². The molecule has 1 fully saturated rings. The number of ether oxygens (including phenoxy) is 4. The fourth-order valence-corrected chi connectivity index (χ4v) is 4.10. The number of amides is 2. The maximum atomic E-state index is 12.6.